The summed E-state index contributed by atoms with van der Waals surface area (Å²) in [5, 5.41) is 3.68. The van der Waals surface area contributed by atoms with E-state index in [4.69, 9.17) is 4.74 Å². The Morgan fingerprint density at radius 2 is 2.47 bits per heavy atom. The van der Waals surface area contributed by atoms with E-state index in [9.17, 15) is 0 Å². The molecule has 0 bridgehead atoms. The van der Waals surface area contributed by atoms with Crippen molar-refractivity contribution >= 4 is 0 Å². The van der Waals surface area contributed by atoms with Gasteiger partial charge in [-0.25, -0.2) is 0 Å². The quantitative estimate of drug-likeness (QED) is 0.850. The second-order valence-corrected chi connectivity index (χ2v) is 4.72. The van der Waals surface area contributed by atoms with Gasteiger partial charge in [0.05, 0.1) is 18.3 Å². The van der Waals surface area contributed by atoms with Crippen molar-refractivity contribution in [3.05, 3.63) is 29.6 Å². The normalized spacial score (nSPS) is 20.9. The summed E-state index contributed by atoms with van der Waals surface area (Å²) in [5.74, 6) is 0. The highest BCUT2D eigenvalue weighted by molar-refractivity contribution is 5.25. The Kier molecular flexibility index (Phi) is 4.51. The van der Waals surface area contributed by atoms with E-state index in [0.29, 0.717) is 12.1 Å². The van der Waals surface area contributed by atoms with Gasteiger partial charge in [-0.1, -0.05) is 13.0 Å². The number of pyridine rings is 1. The molecule has 0 radical (unpaired) electrons. The lowest BCUT2D eigenvalue weighted by Crippen LogP contribution is -2.37. The van der Waals surface area contributed by atoms with E-state index in [1.807, 2.05) is 12.3 Å². The molecule has 94 valence electrons. The van der Waals surface area contributed by atoms with Gasteiger partial charge in [0.2, 0.25) is 0 Å². The first-order valence-electron chi connectivity index (χ1n) is 6.54. The number of methoxy groups -OCH3 is 1. The van der Waals surface area contributed by atoms with Crippen LogP contribution in [0.3, 0.4) is 0 Å². The Morgan fingerprint density at radius 3 is 3.24 bits per heavy atom. The van der Waals surface area contributed by atoms with Crippen molar-refractivity contribution in [3.63, 3.8) is 0 Å². The molecule has 2 atom stereocenters. The van der Waals surface area contributed by atoms with Crippen LogP contribution >= 0.6 is 0 Å². The minimum atomic E-state index is 0.403. The number of rotatable bonds is 5. The molecule has 3 heteroatoms. The minimum absolute atomic E-state index is 0.403. The van der Waals surface area contributed by atoms with Gasteiger partial charge in [0.15, 0.2) is 0 Å². The Balaban J connectivity index is 2.07. The highest BCUT2D eigenvalue weighted by atomic mass is 16.5. The SMILES string of the molecule is CCC(COC)NC1CCCc2cccnc21. The van der Waals surface area contributed by atoms with Crippen molar-refractivity contribution in [2.75, 3.05) is 13.7 Å². The van der Waals surface area contributed by atoms with Gasteiger partial charge in [-0.2, -0.15) is 0 Å². The number of ether oxygens (including phenoxy) is 1. The van der Waals surface area contributed by atoms with E-state index in [2.05, 4.69) is 23.3 Å². The fourth-order valence-corrected chi connectivity index (χ4v) is 2.54. The van der Waals surface area contributed by atoms with Crippen LogP contribution in [0.25, 0.3) is 0 Å². The van der Waals surface area contributed by atoms with E-state index < -0.39 is 0 Å². The highest BCUT2D eigenvalue weighted by Crippen LogP contribution is 2.28. The number of nitrogens with one attached hydrogen (secondary N) is 1. The summed E-state index contributed by atoms with van der Waals surface area (Å²) in [6, 6.07) is 5.07. The number of hydrogen-bond donors (Lipinski definition) is 1. The summed E-state index contributed by atoms with van der Waals surface area (Å²) < 4.78 is 5.24. The molecule has 3 nitrogen and oxygen atoms in total. The van der Waals surface area contributed by atoms with E-state index in [1.165, 1.54) is 30.5 Å². The van der Waals surface area contributed by atoms with Crippen LogP contribution in [0.2, 0.25) is 0 Å². The molecule has 0 saturated heterocycles. The standard InChI is InChI=1S/C14H22N2O/c1-3-12(10-17-2)16-13-8-4-6-11-7-5-9-15-14(11)13/h5,7,9,12-13,16H,3-4,6,8,10H2,1-2H3. The zero-order valence-electron chi connectivity index (χ0n) is 10.8. The maximum absolute atomic E-state index is 5.24. The van der Waals surface area contributed by atoms with Gasteiger partial charge < -0.3 is 10.1 Å². The molecule has 0 saturated carbocycles. The number of nitrogens with zero attached hydrogens (tertiary/aromatic N) is 1. The summed E-state index contributed by atoms with van der Waals surface area (Å²) in [7, 11) is 1.76. The van der Waals surface area contributed by atoms with Crippen molar-refractivity contribution in [2.24, 2.45) is 0 Å². The number of aryl methyl sites for hydroxylation is 1. The third-order valence-corrected chi connectivity index (χ3v) is 3.49. The highest BCUT2D eigenvalue weighted by Gasteiger charge is 2.22. The summed E-state index contributed by atoms with van der Waals surface area (Å²) in [6.45, 7) is 2.97. The zero-order valence-corrected chi connectivity index (χ0v) is 10.8. The van der Waals surface area contributed by atoms with Crippen LogP contribution in [-0.4, -0.2) is 24.7 Å². The average Bonchev–Trinajstić information content (AvgIpc) is 2.38. The monoisotopic (exact) mass is 234 g/mol. The molecule has 1 aromatic rings. The molecule has 2 unspecified atom stereocenters. The largest absolute Gasteiger partial charge is 0.383 e. The third kappa shape index (κ3) is 3.05. The Hall–Kier alpha value is -0.930. The van der Waals surface area contributed by atoms with Gasteiger partial charge in [0.1, 0.15) is 0 Å². The van der Waals surface area contributed by atoms with Crippen molar-refractivity contribution in [3.8, 4) is 0 Å². The maximum Gasteiger partial charge on any atom is 0.0615 e. The topological polar surface area (TPSA) is 34.1 Å². The van der Waals surface area contributed by atoms with Crippen LogP contribution in [-0.2, 0) is 11.2 Å². The third-order valence-electron chi connectivity index (χ3n) is 3.49. The van der Waals surface area contributed by atoms with Crippen molar-refractivity contribution in [1.82, 2.24) is 10.3 Å². The molecule has 0 spiro atoms. The lowest BCUT2D eigenvalue weighted by atomic mass is 9.91. The van der Waals surface area contributed by atoms with Gasteiger partial charge in [-0.05, 0) is 37.3 Å². The first-order chi connectivity index (χ1) is 8.35. The predicted molar refractivity (Wildman–Crippen MR) is 69.0 cm³/mol. The number of hydrogen-bond acceptors (Lipinski definition) is 3. The molecular weight excluding hydrogens is 212 g/mol. The Bertz CT molecular complexity index is 354. The van der Waals surface area contributed by atoms with Gasteiger partial charge in [0.25, 0.3) is 0 Å². The Morgan fingerprint density at radius 1 is 1.59 bits per heavy atom. The summed E-state index contributed by atoms with van der Waals surface area (Å²) >= 11 is 0. The fraction of sp³-hybridized carbons (Fsp3) is 0.643. The van der Waals surface area contributed by atoms with Crippen molar-refractivity contribution < 1.29 is 4.74 Å². The predicted octanol–water partition coefficient (Wildman–Crippen LogP) is 2.47. The first kappa shape index (κ1) is 12.5. The van der Waals surface area contributed by atoms with Crippen LogP contribution in [0.5, 0.6) is 0 Å². The van der Waals surface area contributed by atoms with E-state index in [1.54, 1.807) is 7.11 Å². The van der Waals surface area contributed by atoms with Crippen molar-refractivity contribution in [2.45, 2.75) is 44.7 Å². The lowest BCUT2D eigenvalue weighted by molar-refractivity contribution is 0.156. The summed E-state index contributed by atoms with van der Waals surface area (Å²) in [5.41, 5.74) is 2.65. The van der Waals surface area contributed by atoms with Crippen molar-refractivity contribution in [1.29, 1.82) is 0 Å². The molecule has 1 aliphatic carbocycles. The first-order valence-corrected chi connectivity index (χ1v) is 6.54. The molecule has 0 fully saturated rings. The molecule has 1 aliphatic rings. The molecule has 17 heavy (non-hydrogen) atoms. The molecule has 2 rings (SSSR count). The van der Waals surface area contributed by atoms with Crippen LogP contribution in [0.4, 0.5) is 0 Å². The summed E-state index contributed by atoms with van der Waals surface area (Å²) in [4.78, 5) is 4.54. The average molecular weight is 234 g/mol. The number of aromatic nitrogens is 1. The molecule has 1 aromatic heterocycles. The van der Waals surface area contributed by atoms with Crippen LogP contribution in [0.1, 0.15) is 43.5 Å². The lowest BCUT2D eigenvalue weighted by Gasteiger charge is -2.29. The van der Waals surface area contributed by atoms with Gasteiger partial charge in [0, 0.05) is 19.3 Å². The fourth-order valence-electron chi connectivity index (χ4n) is 2.54. The second-order valence-electron chi connectivity index (χ2n) is 4.72. The summed E-state index contributed by atoms with van der Waals surface area (Å²) in [6.07, 6.45) is 6.59. The van der Waals surface area contributed by atoms with Crippen LogP contribution in [0.15, 0.2) is 18.3 Å². The zero-order chi connectivity index (χ0) is 12.1. The Labute approximate surface area is 104 Å². The number of fused-ring (bicyclic) bond motifs is 1. The molecular formula is C14H22N2O. The minimum Gasteiger partial charge on any atom is -0.383 e. The van der Waals surface area contributed by atoms with Crippen LogP contribution in [0, 0.1) is 0 Å². The van der Waals surface area contributed by atoms with Crippen LogP contribution < -0.4 is 5.32 Å². The molecule has 1 N–H and O–H groups in total. The van der Waals surface area contributed by atoms with Gasteiger partial charge in [-0.3, -0.25) is 4.98 Å². The molecule has 0 aromatic carbocycles. The maximum atomic E-state index is 5.24. The molecule has 0 aliphatic heterocycles. The van der Waals surface area contributed by atoms with E-state index in [-0.39, 0.29) is 0 Å². The molecule has 1 heterocycles. The van der Waals surface area contributed by atoms with E-state index >= 15 is 0 Å². The smallest absolute Gasteiger partial charge is 0.0615 e. The second kappa shape index (κ2) is 6.12. The van der Waals surface area contributed by atoms with Gasteiger partial charge >= 0.3 is 0 Å². The van der Waals surface area contributed by atoms with Gasteiger partial charge in [-0.15, -0.1) is 0 Å². The molecule has 0 amide bonds. The van der Waals surface area contributed by atoms with E-state index in [0.717, 1.165) is 13.0 Å².